The van der Waals surface area contributed by atoms with Crippen LogP contribution in [0.3, 0.4) is 0 Å². The lowest BCUT2D eigenvalue weighted by atomic mass is 9.87. The van der Waals surface area contributed by atoms with E-state index in [2.05, 4.69) is 102 Å². The van der Waals surface area contributed by atoms with Gasteiger partial charge in [-0.3, -0.25) is 0 Å². The molecule has 0 fully saturated rings. The SMILES string of the molecule is CC(C)(C)CCC(C)(C)[P+](C)(c1ccccc1)c1ccccc1. The van der Waals surface area contributed by atoms with Crippen LogP contribution in [0.2, 0.25) is 0 Å². The Morgan fingerprint density at radius 1 is 0.652 bits per heavy atom. The van der Waals surface area contributed by atoms with Crippen LogP contribution in [-0.4, -0.2) is 11.8 Å². The second-order valence-corrected chi connectivity index (χ2v) is 12.8. The Morgan fingerprint density at radius 3 is 1.39 bits per heavy atom. The fourth-order valence-electron chi connectivity index (χ4n) is 3.20. The van der Waals surface area contributed by atoms with Crippen LogP contribution < -0.4 is 10.6 Å². The van der Waals surface area contributed by atoms with Crippen LogP contribution in [0, 0.1) is 5.41 Å². The molecule has 0 nitrogen and oxygen atoms in total. The van der Waals surface area contributed by atoms with Gasteiger partial charge in [-0.2, -0.15) is 0 Å². The number of rotatable bonds is 5. The van der Waals surface area contributed by atoms with Crippen molar-refractivity contribution in [3.05, 3.63) is 60.7 Å². The third kappa shape index (κ3) is 4.04. The molecule has 0 unspecified atom stereocenters. The molecule has 1 heteroatoms. The summed E-state index contributed by atoms with van der Waals surface area (Å²) in [6, 6.07) is 22.3. The summed E-state index contributed by atoms with van der Waals surface area (Å²) in [6.07, 6.45) is 2.51. The first-order chi connectivity index (χ1) is 10.7. The highest BCUT2D eigenvalue weighted by molar-refractivity contribution is 7.90. The molecule has 0 radical (unpaired) electrons. The minimum Gasteiger partial charge on any atom is -0.0620 e. The normalized spacial score (nSPS) is 13.1. The van der Waals surface area contributed by atoms with E-state index >= 15 is 0 Å². The van der Waals surface area contributed by atoms with Crippen molar-refractivity contribution in [1.29, 1.82) is 0 Å². The molecule has 2 aromatic rings. The summed E-state index contributed by atoms with van der Waals surface area (Å²) in [6.45, 7) is 14.5. The van der Waals surface area contributed by atoms with E-state index in [9.17, 15) is 0 Å². The van der Waals surface area contributed by atoms with E-state index in [0.717, 1.165) is 0 Å². The standard InChI is InChI=1S/C22H32P/c1-21(2,3)17-18-22(4,5)23(6,19-13-9-7-10-14-19)20-15-11-8-12-16-20/h7-16H,17-18H2,1-6H3/q+1. The molecule has 0 aliphatic rings. The van der Waals surface area contributed by atoms with Crippen LogP contribution >= 0.6 is 7.26 Å². The molecule has 0 spiro atoms. The summed E-state index contributed by atoms with van der Waals surface area (Å²) in [5.41, 5.74) is 0.384. The zero-order valence-electron chi connectivity index (χ0n) is 15.6. The van der Waals surface area contributed by atoms with Gasteiger partial charge in [-0.1, -0.05) is 57.2 Å². The van der Waals surface area contributed by atoms with Gasteiger partial charge in [-0.15, -0.1) is 0 Å². The Bertz CT molecular complexity index is 566. The van der Waals surface area contributed by atoms with Crippen molar-refractivity contribution in [2.75, 3.05) is 6.66 Å². The summed E-state index contributed by atoms with van der Waals surface area (Å²) in [5.74, 6) is 0. The predicted octanol–water partition coefficient (Wildman–Crippen LogP) is 5.89. The lowest BCUT2D eigenvalue weighted by molar-refractivity contribution is 0.346. The Balaban J connectivity index is 2.50. The molecule has 0 N–H and O–H groups in total. The molecular weight excluding hydrogens is 295 g/mol. The molecule has 0 saturated carbocycles. The minimum absolute atomic E-state index is 0.281. The highest BCUT2D eigenvalue weighted by atomic mass is 31.2. The van der Waals surface area contributed by atoms with Crippen molar-refractivity contribution in [3.63, 3.8) is 0 Å². The van der Waals surface area contributed by atoms with Gasteiger partial charge in [-0.05, 0) is 56.4 Å². The maximum absolute atomic E-state index is 2.53. The summed E-state index contributed by atoms with van der Waals surface area (Å²) < 4.78 is 0. The molecule has 0 aliphatic heterocycles. The monoisotopic (exact) mass is 327 g/mol. The van der Waals surface area contributed by atoms with Gasteiger partial charge < -0.3 is 0 Å². The zero-order valence-corrected chi connectivity index (χ0v) is 16.5. The van der Waals surface area contributed by atoms with Crippen LogP contribution in [0.5, 0.6) is 0 Å². The summed E-state index contributed by atoms with van der Waals surface area (Å²) in [7, 11) is -1.46. The van der Waals surface area contributed by atoms with Crippen molar-refractivity contribution < 1.29 is 0 Å². The number of hydrogen-bond donors (Lipinski definition) is 0. The second-order valence-electron chi connectivity index (χ2n) is 8.55. The molecule has 2 rings (SSSR count). The maximum atomic E-state index is 2.53. The molecule has 23 heavy (non-hydrogen) atoms. The Hall–Kier alpha value is -1.13. The molecule has 0 aromatic heterocycles. The summed E-state index contributed by atoms with van der Waals surface area (Å²) >= 11 is 0. The van der Waals surface area contributed by atoms with Gasteiger partial charge in [0.1, 0.15) is 0 Å². The van der Waals surface area contributed by atoms with E-state index in [4.69, 9.17) is 0 Å². The number of benzene rings is 2. The maximum Gasteiger partial charge on any atom is 0.0994 e. The van der Waals surface area contributed by atoms with Crippen LogP contribution in [0.4, 0.5) is 0 Å². The fourth-order valence-corrected chi connectivity index (χ4v) is 7.00. The average Bonchev–Trinajstić information content (AvgIpc) is 2.53. The lowest BCUT2D eigenvalue weighted by Gasteiger charge is -2.39. The minimum atomic E-state index is -1.46. The van der Waals surface area contributed by atoms with E-state index in [1.54, 1.807) is 0 Å². The average molecular weight is 327 g/mol. The molecular formula is C22H32P+. The van der Waals surface area contributed by atoms with Crippen LogP contribution in [0.25, 0.3) is 0 Å². The molecule has 0 aliphatic carbocycles. The Kier molecular flexibility index (Phi) is 5.37. The first-order valence-electron chi connectivity index (χ1n) is 8.65. The van der Waals surface area contributed by atoms with Gasteiger partial charge in [0, 0.05) is 0 Å². The van der Waals surface area contributed by atoms with Crippen molar-refractivity contribution >= 4 is 17.9 Å². The van der Waals surface area contributed by atoms with Crippen LogP contribution in [0.1, 0.15) is 47.5 Å². The molecule has 2 aromatic carbocycles. The second kappa shape index (κ2) is 6.78. The Morgan fingerprint density at radius 2 is 1.04 bits per heavy atom. The highest BCUT2D eigenvalue weighted by Crippen LogP contribution is 2.65. The van der Waals surface area contributed by atoms with E-state index in [1.165, 1.54) is 23.5 Å². The van der Waals surface area contributed by atoms with Gasteiger partial charge in [0.05, 0.1) is 29.7 Å². The number of hydrogen-bond acceptors (Lipinski definition) is 0. The van der Waals surface area contributed by atoms with Gasteiger partial charge >= 0.3 is 0 Å². The highest BCUT2D eigenvalue weighted by Gasteiger charge is 2.51. The van der Waals surface area contributed by atoms with E-state index in [-0.39, 0.29) is 5.16 Å². The fraction of sp³-hybridized carbons (Fsp3) is 0.455. The van der Waals surface area contributed by atoms with Gasteiger partial charge in [0.25, 0.3) is 0 Å². The van der Waals surface area contributed by atoms with Gasteiger partial charge in [0.15, 0.2) is 0 Å². The molecule has 0 amide bonds. The quantitative estimate of drug-likeness (QED) is 0.601. The van der Waals surface area contributed by atoms with Crippen LogP contribution in [-0.2, 0) is 0 Å². The van der Waals surface area contributed by atoms with Crippen molar-refractivity contribution in [1.82, 2.24) is 0 Å². The van der Waals surface area contributed by atoms with Crippen molar-refractivity contribution in [2.24, 2.45) is 5.41 Å². The van der Waals surface area contributed by atoms with Crippen molar-refractivity contribution in [3.8, 4) is 0 Å². The van der Waals surface area contributed by atoms with E-state index in [1.807, 2.05) is 0 Å². The lowest BCUT2D eigenvalue weighted by Crippen LogP contribution is -2.38. The largest absolute Gasteiger partial charge is 0.0994 e. The summed E-state index contributed by atoms with van der Waals surface area (Å²) in [5, 5.41) is 3.32. The van der Waals surface area contributed by atoms with Crippen molar-refractivity contribution in [2.45, 2.75) is 52.6 Å². The molecule has 0 atom stereocenters. The first kappa shape index (κ1) is 18.2. The third-order valence-electron chi connectivity index (χ3n) is 5.24. The zero-order chi connectivity index (χ0) is 17.1. The van der Waals surface area contributed by atoms with Crippen LogP contribution in [0.15, 0.2) is 60.7 Å². The predicted molar refractivity (Wildman–Crippen MR) is 108 cm³/mol. The van der Waals surface area contributed by atoms with Gasteiger partial charge in [-0.25, -0.2) is 0 Å². The smallest absolute Gasteiger partial charge is 0.0620 e. The molecule has 0 saturated heterocycles. The Labute approximate surface area is 143 Å². The molecule has 0 bridgehead atoms. The van der Waals surface area contributed by atoms with E-state index < -0.39 is 7.26 Å². The first-order valence-corrected chi connectivity index (χ1v) is 10.9. The molecule has 0 heterocycles. The van der Waals surface area contributed by atoms with Gasteiger partial charge in [0.2, 0.25) is 0 Å². The summed E-state index contributed by atoms with van der Waals surface area (Å²) in [4.78, 5) is 0. The van der Waals surface area contributed by atoms with E-state index in [0.29, 0.717) is 5.41 Å². The topological polar surface area (TPSA) is 0 Å². The molecule has 124 valence electrons. The third-order valence-corrected chi connectivity index (χ3v) is 10.5.